The van der Waals surface area contributed by atoms with Crippen LogP contribution in [0.25, 0.3) is 0 Å². The molecule has 3 saturated heterocycles. The third-order valence-corrected chi connectivity index (χ3v) is 5.18. The molecule has 0 bridgehead atoms. The smallest absolute Gasteiger partial charge is 0.257 e. The molecule has 0 radical (unpaired) electrons. The largest absolute Gasteiger partial charge is 0.342 e. The summed E-state index contributed by atoms with van der Waals surface area (Å²) in [5, 5.41) is 3.28. The van der Waals surface area contributed by atoms with E-state index in [2.05, 4.69) is 5.32 Å². The van der Waals surface area contributed by atoms with Crippen molar-refractivity contribution < 1.29 is 13.9 Å². The summed E-state index contributed by atoms with van der Waals surface area (Å²) in [5.41, 5.74) is 1.14. The molecule has 1 spiro atoms. The van der Waals surface area contributed by atoms with Crippen molar-refractivity contribution in [2.45, 2.75) is 50.5 Å². The van der Waals surface area contributed by atoms with Gasteiger partial charge >= 0.3 is 0 Å². The second kappa shape index (κ2) is 5.03. The number of hydrogen-bond acceptors (Lipinski definition) is 3. The Kier molecular flexibility index (Phi) is 3.24. The molecular weight excluding hydrogens is 283 g/mol. The van der Waals surface area contributed by atoms with Crippen molar-refractivity contribution >= 4 is 5.91 Å². The Morgan fingerprint density at radius 3 is 2.77 bits per heavy atom. The zero-order valence-corrected chi connectivity index (χ0v) is 12.8. The van der Waals surface area contributed by atoms with Crippen LogP contribution in [0.2, 0.25) is 0 Å². The van der Waals surface area contributed by atoms with E-state index in [-0.39, 0.29) is 24.0 Å². The molecule has 0 aromatic heterocycles. The molecule has 4 nitrogen and oxygen atoms in total. The number of rotatable bonds is 1. The van der Waals surface area contributed by atoms with Crippen LogP contribution in [0.5, 0.6) is 0 Å². The maximum absolute atomic E-state index is 13.7. The Balaban J connectivity index is 1.65. The molecule has 1 amide bonds. The summed E-state index contributed by atoms with van der Waals surface area (Å²) in [6.45, 7) is 3.52. The number of aryl methyl sites for hydroxylation is 1. The summed E-state index contributed by atoms with van der Waals surface area (Å²) in [6.07, 6.45) is 3.00. The monoisotopic (exact) mass is 304 g/mol. The summed E-state index contributed by atoms with van der Waals surface area (Å²) < 4.78 is 19.9. The molecule has 1 aromatic carbocycles. The maximum atomic E-state index is 13.7. The first-order valence-corrected chi connectivity index (χ1v) is 8.07. The lowest BCUT2D eigenvalue weighted by Crippen LogP contribution is -2.49. The molecule has 3 aliphatic heterocycles. The molecule has 22 heavy (non-hydrogen) atoms. The average molecular weight is 304 g/mol. The van der Waals surface area contributed by atoms with Gasteiger partial charge in [-0.2, -0.15) is 0 Å². The molecule has 3 fully saturated rings. The quantitative estimate of drug-likeness (QED) is 0.865. The lowest BCUT2D eigenvalue weighted by Gasteiger charge is -2.32. The predicted octanol–water partition coefficient (Wildman–Crippen LogP) is 2.28. The van der Waals surface area contributed by atoms with Gasteiger partial charge in [-0.15, -0.1) is 0 Å². The molecule has 2 atom stereocenters. The van der Waals surface area contributed by atoms with E-state index >= 15 is 0 Å². The highest BCUT2D eigenvalue weighted by molar-refractivity contribution is 5.88. The lowest BCUT2D eigenvalue weighted by molar-refractivity contribution is -0.140. The van der Waals surface area contributed by atoms with Gasteiger partial charge in [0.25, 0.3) is 5.91 Å². The van der Waals surface area contributed by atoms with Gasteiger partial charge in [0.2, 0.25) is 0 Å². The van der Waals surface area contributed by atoms with Gasteiger partial charge in [0.05, 0.1) is 6.04 Å². The van der Waals surface area contributed by atoms with E-state index in [1.165, 1.54) is 6.07 Å². The minimum atomic E-state index is -0.642. The number of amides is 1. The first-order chi connectivity index (χ1) is 10.6. The first-order valence-electron chi connectivity index (χ1n) is 8.07. The van der Waals surface area contributed by atoms with Crippen LogP contribution in [0.1, 0.15) is 42.9 Å². The number of carbonyl (C=O) groups is 1. The highest BCUT2D eigenvalue weighted by Gasteiger charge is 2.57. The number of carbonyl (C=O) groups excluding carboxylic acids is 1. The van der Waals surface area contributed by atoms with Gasteiger partial charge in [-0.25, -0.2) is 4.39 Å². The number of nitrogens with zero attached hydrogens (tertiary/aromatic N) is 1. The third kappa shape index (κ3) is 2.07. The van der Waals surface area contributed by atoms with E-state index < -0.39 is 5.60 Å². The SMILES string of the molecule is Cc1cc(F)cc([C@@H]2CC[C@H]3OC4(CCNCC4)C(=O)N32)c1. The first kappa shape index (κ1) is 14.2. The molecule has 5 heteroatoms. The average Bonchev–Trinajstić information content (AvgIpc) is 2.99. The molecule has 4 rings (SSSR count). The van der Waals surface area contributed by atoms with E-state index in [1.807, 2.05) is 17.9 Å². The Bertz CT molecular complexity index is 592. The second-order valence-electron chi connectivity index (χ2n) is 6.68. The van der Waals surface area contributed by atoms with Gasteiger partial charge in [-0.1, -0.05) is 6.07 Å². The van der Waals surface area contributed by atoms with Crippen LogP contribution in [0.3, 0.4) is 0 Å². The Hall–Kier alpha value is -1.46. The zero-order valence-electron chi connectivity index (χ0n) is 12.8. The molecule has 0 aliphatic carbocycles. The van der Waals surface area contributed by atoms with Crippen LogP contribution >= 0.6 is 0 Å². The number of ether oxygens (including phenoxy) is 1. The molecule has 1 N–H and O–H groups in total. The van der Waals surface area contributed by atoms with Gasteiger partial charge in [-0.05, 0) is 69.0 Å². The number of fused-ring (bicyclic) bond motifs is 1. The molecule has 0 saturated carbocycles. The van der Waals surface area contributed by atoms with Gasteiger partial charge in [0.15, 0.2) is 5.60 Å². The zero-order chi connectivity index (χ0) is 15.3. The predicted molar refractivity (Wildman–Crippen MR) is 79.7 cm³/mol. The topological polar surface area (TPSA) is 41.6 Å². The number of nitrogens with one attached hydrogen (secondary N) is 1. The highest BCUT2D eigenvalue weighted by Crippen LogP contribution is 2.47. The number of halogens is 1. The standard InChI is InChI=1S/C17H21FN2O2/c1-11-8-12(10-13(18)9-11)14-2-3-15-20(14)16(21)17(22-15)4-6-19-7-5-17/h8-10,14-15,19H,2-7H2,1H3/t14-,15+/m0/s1. The van der Waals surface area contributed by atoms with Crippen LogP contribution in [-0.2, 0) is 9.53 Å². The van der Waals surface area contributed by atoms with Crippen molar-refractivity contribution in [1.82, 2.24) is 10.2 Å². The van der Waals surface area contributed by atoms with E-state index in [1.54, 1.807) is 6.07 Å². The maximum Gasteiger partial charge on any atom is 0.257 e. The normalized spacial score (nSPS) is 30.1. The third-order valence-electron chi connectivity index (χ3n) is 5.18. The summed E-state index contributed by atoms with van der Waals surface area (Å²) in [6, 6.07) is 5.01. The molecule has 1 aromatic rings. The second-order valence-corrected chi connectivity index (χ2v) is 6.68. The van der Waals surface area contributed by atoms with E-state index in [4.69, 9.17) is 4.74 Å². The van der Waals surface area contributed by atoms with Crippen LogP contribution < -0.4 is 5.32 Å². The number of benzene rings is 1. The molecule has 3 aliphatic rings. The van der Waals surface area contributed by atoms with E-state index in [0.29, 0.717) is 0 Å². The minimum Gasteiger partial charge on any atom is -0.342 e. The number of piperidine rings is 1. The van der Waals surface area contributed by atoms with Gasteiger partial charge in [-0.3, -0.25) is 4.79 Å². The Morgan fingerprint density at radius 1 is 1.27 bits per heavy atom. The lowest BCUT2D eigenvalue weighted by atomic mass is 9.90. The molecular formula is C17H21FN2O2. The van der Waals surface area contributed by atoms with Crippen molar-refractivity contribution in [2.75, 3.05) is 13.1 Å². The fourth-order valence-electron chi connectivity index (χ4n) is 4.16. The van der Waals surface area contributed by atoms with Crippen molar-refractivity contribution in [1.29, 1.82) is 0 Å². The minimum absolute atomic E-state index is 0.0545. The fourth-order valence-corrected chi connectivity index (χ4v) is 4.16. The molecule has 0 unspecified atom stereocenters. The Morgan fingerprint density at radius 2 is 2.05 bits per heavy atom. The van der Waals surface area contributed by atoms with Crippen LogP contribution in [0, 0.1) is 12.7 Å². The summed E-state index contributed by atoms with van der Waals surface area (Å²) >= 11 is 0. The van der Waals surface area contributed by atoms with Crippen LogP contribution in [0.15, 0.2) is 18.2 Å². The summed E-state index contributed by atoms with van der Waals surface area (Å²) in [5.74, 6) is -0.133. The number of hydrogen-bond donors (Lipinski definition) is 1. The Labute approximate surface area is 129 Å². The van der Waals surface area contributed by atoms with Crippen molar-refractivity contribution in [2.24, 2.45) is 0 Å². The summed E-state index contributed by atoms with van der Waals surface area (Å²) in [7, 11) is 0. The van der Waals surface area contributed by atoms with Gasteiger partial charge in [0, 0.05) is 0 Å². The highest BCUT2D eigenvalue weighted by atomic mass is 19.1. The molecule has 118 valence electrons. The van der Waals surface area contributed by atoms with Crippen molar-refractivity contribution in [3.05, 3.63) is 35.1 Å². The van der Waals surface area contributed by atoms with Gasteiger partial charge in [0.1, 0.15) is 12.0 Å². The van der Waals surface area contributed by atoms with Crippen molar-refractivity contribution in [3.63, 3.8) is 0 Å². The van der Waals surface area contributed by atoms with Crippen LogP contribution in [-0.4, -0.2) is 35.7 Å². The van der Waals surface area contributed by atoms with E-state index in [0.717, 1.165) is 49.9 Å². The van der Waals surface area contributed by atoms with Gasteiger partial charge < -0.3 is 15.0 Å². The fraction of sp³-hybridized carbons (Fsp3) is 0.588. The van der Waals surface area contributed by atoms with Crippen LogP contribution in [0.4, 0.5) is 4.39 Å². The van der Waals surface area contributed by atoms with E-state index in [9.17, 15) is 9.18 Å². The molecule has 3 heterocycles. The van der Waals surface area contributed by atoms with Crippen molar-refractivity contribution in [3.8, 4) is 0 Å². The summed E-state index contributed by atoms with van der Waals surface area (Å²) in [4.78, 5) is 14.9.